The van der Waals surface area contributed by atoms with Gasteiger partial charge >= 0.3 is 0 Å². The third kappa shape index (κ3) is 5.51. The maximum atomic E-state index is 12.7. The van der Waals surface area contributed by atoms with Gasteiger partial charge in [-0.05, 0) is 25.1 Å². The first-order valence-corrected chi connectivity index (χ1v) is 11.1. The smallest absolute Gasteiger partial charge is 0.223 e. The first-order valence-electron chi connectivity index (χ1n) is 11.1. The van der Waals surface area contributed by atoms with Gasteiger partial charge in [0.15, 0.2) is 0 Å². The predicted molar refractivity (Wildman–Crippen MR) is 127 cm³/mol. The zero-order valence-corrected chi connectivity index (χ0v) is 19.1. The van der Waals surface area contributed by atoms with Crippen LogP contribution in [0.2, 0.25) is 0 Å². The minimum atomic E-state index is 0.0853. The molecule has 1 N–H and O–H groups in total. The molecule has 1 saturated heterocycles. The van der Waals surface area contributed by atoms with Crippen LogP contribution in [0.25, 0.3) is 0 Å². The highest BCUT2D eigenvalue weighted by atomic mass is 16.2. The van der Waals surface area contributed by atoms with Gasteiger partial charge in [-0.2, -0.15) is 0 Å². The number of carbonyl (C=O) groups excluding carboxylic acids is 1. The van der Waals surface area contributed by atoms with E-state index in [0.29, 0.717) is 26.1 Å². The van der Waals surface area contributed by atoms with E-state index < -0.39 is 0 Å². The van der Waals surface area contributed by atoms with Crippen molar-refractivity contribution in [3.05, 3.63) is 88.9 Å². The van der Waals surface area contributed by atoms with E-state index in [2.05, 4.69) is 65.6 Å². The van der Waals surface area contributed by atoms with Crippen LogP contribution >= 0.6 is 0 Å². The van der Waals surface area contributed by atoms with Crippen molar-refractivity contribution in [2.75, 3.05) is 26.0 Å². The average Bonchev–Trinajstić information content (AvgIpc) is 3.14. The molecule has 1 fully saturated rings. The Kier molecular flexibility index (Phi) is 6.81. The maximum Gasteiger partial charge on any atom is 0.223 e. The molecule has 0 unspecified atom stereocenters. The standard InChI is InChI=1S/C26H31N5O/c1-19-8-7-11-21(12-19)15-30(3)18-25-28-23(14-24(27-2)29-25)22-13-26(32)31(17-22)16-20-9-5-4-6-10-20/h4-12,14,22H,13,15-18H2,1-3H3,(H,27,28,29)/t22-/m0/s1. The molecule has 0 saturated carbocycles. The van der Waals surface area contributed by atoms with E-state index in [-0.39, 0.29) is 11.8 Å². The first kappa shape index (κ1) is 22.0. The Morgan fingerprint density at radius 2 is 1.81 bits per heavy atom. The Hall–Kier alpha value is -3.25. The summed E-state index contributed by atoms with van der Waals surface area (Å²) in [5.41, 5.74) is 4.62. The topological polar surface area (TPSA) is 61.4 Å². The molecule has 2 heterocycles. The van der Waals surface area contributed by atoms with E-state index in [9.17, 15) is 4.79 Å². The van der Waals surface area contributed by atoms with Crippen molar-refractivity contribution in [2.45, 2.75) is 38.9 Å². The van der Waals surface area contributed by atoms with Crippen LogP contribution in [0.3, 0.4) is 0 Å². The van der Waals surface area contributed by atoms with Crippen molar-refractivity contribution in [2.24, 2.45) is 0 Å². The van der Waals surface area contributed by atoms with Crippen molar-refractivity contribution >= 4 is 11.7 Å². The number of anilines is 1. The molecule has 6 nitrogen and oxygen atoms in total. The van der Waals surface area contributed by atoms with Crippen LogP contribution in [0.5, 0.6) is 0 Å². The fourth-order valence-electron chi connectivity index (χ4n) is 4.27. The minimum absolute atomic E-state index is 0.0853. The zero-order chi connectivity index (χ0) is 22.5. The minimum Gasteiger partial charge on any atom is -0.373 e. The lowest BCUT2D eigenvalue weighted by atomic mass is 10.0. The van der Waals surface area contributed by atoms with Crippen LogP contribution in [0, 0.1) is 6.92 Å². The summed E-state index contributed by atoms with van der Waals surface area (Å²) < 4.78 is 0. The molecule has 1 aromatic heterocycles. The Morgan fingerprint density at radius 1 is 1.03 bits per heavy atom. The van der Waals surface area contributed by atoms with Crippen molar-refractivity contribution < 1.29 is 4.79 Å². The Labute approximate surface area is 190 Å². The Bertz CT molecular complexity index is 1070. The summed E-state index contributed by atoms with van der Waals surface area (Å²) in [5, 5.41) is 3.16. The molecule has 1 atom stereocenters. The van der Waals surface area contributed by atoms with Crippen LogP contribution in [0.1, 0.15) is 40.5 Å². The second-order valence-electron chi connectivity index (χ2n) is 8.67. The fourth-order valence-corrected chi connectivity index (χ4v) is 4.27. The van der Waals surface area contributed by atoms with Crippen molar-refractivity contribution in [3.8, 4) is 0 Å². The van der Waals surface area contributed by atoms with Crippen LogP contribution in [0.4, 0.5) is 5.82 Å². The van der Waals surface area contributed by atoms with Gasteiger partial charge in [-0.3, -0.25) is 9.69 Å². The van der Waals surface area contributed by atoms with E-state index in [1.165, 1.54) is 11.1 Å². The number of benzene rings is 2. The van der Waals surface area contributed by atoms with Crippen molar-refractivity contribution in [3.63, 3.8) is 0 Å². The third-order valence-electron chi connectivity index (χ3n) is 5.84. The van der Waals surface area contributed by atoms with Gasteiger partial charge in [0.25, 0.3) is 0 Å². The Morgan fingerprint density at radius 3 is 2.56 bits per heavy atom. The van der Waals surface area contributed by atoms with Crippen LogP contribution < -0.4 is 5.32 Å². The number of carbonyl (C=O) groups is 1. The quantitative estimate of drug-likeness (QED) is 0.587. The lowest BCUT2D eigenvalue weighted by molar-refractivity contribution is -0.128. The number of hydrogen-bond donors (Lipinski definition) is 1. The largest absolute Gasteiger partial charge is 0.373 e. The number of amides is 1. The molecule has 1 amide bonds. The maximum absolute atomic E-state index is 12.7. The van der Waals surface area contributed by atoms with Gasteiger partial charge < -0.3 is 10.2 Å². The summed E-state index contributed by atoms with van der Waals surface area (Å²) in [5.74, 6) is 1.84. The SMILES string of the molecule is CNc1cc([C@H]2CC(=O)N(Cc3ccccc3)C2)nc(CN(C)Cc2cccc(C)c2)n1. The summed E-state index contributed by atoms with van der Waals surface area (Å²) in [4.78, 5) is 26.4. The fraction of sp³-hybridized carbons (Fsp3) is 0.346. The van der Waals surface area contributed by atoms with Crippen molar-refractivity contribution in [1.82, 2.24) is 19.8 Å². The number of hydrogen-bond acceptors (Lipinski definition) is 5. The molecule has 0 spiro atoms. The highest BCUT2D eigenvalue weighted by Gasteiger charge is 2.32. The van der Waals surface area contributed by atoms with Gasteiger partial charge in [-0.1, -0.05) is 60.2 Å². The Balaban J connectivity index is 1.46. The summed E-state index contributed by atoms with van der Waals surface area (Å²) in [7, 11) is 3.95. The average molecular weight is 430 g/mol. The number of nitrogens with one attached hydrogen (secondary N) is 1. The highest BCUT2D eigenvalue weighted by molar-refractivity contribution is 5.79. The van der Waals surface area contributed by atoms with Crippen LogP contribution in [0.15, 0.2) is 60.7 Å². The molecule has 6 heteroatoms. The summed E-state index contributed by atoms with van der Waals surface area (Å²) >= 11 is 0. The first-order chi connectivity index (χ1) is 15.5. The molecule has 32 heavy (non-hydrogen) atoms. The van der Waals surface area contributed by atoms with Gasteiger partial charge in [0.2, 0.25) is 5.91 Å². The molecule has 2 aromatic carbocycles. The number of aromatic nitrogens is 2. The van der Waals surface area contributed by atoms with Crippen LogP contribution in [-0.2, 0) is 24.4 Å². The molecule has 1 aliphatic rings. The summed E-state index contributed by atoms with van der Waals surface area (Å²) in [6.07, 6.45) is 0.492. The third-order valence-corrected chi connectivity index (χ3v) is 5.84. The molecule has 0 bridgehead atoms. The molecule has 0 radical (unpaired) electrons. The van der Waals surface area contributed by atoms with Gasteiger partial charge in [-0.25, -0.2) is 9.97 Å². The zero-order valence-electron chi connectivity index (χ0n) is 19.1. The lowest BCUT2D eigenvalue weighted by Gasteiger charge is -2.19. The van der Waals surface area contributed by atoms with Gasteiger partial charge in [0.1, 0.15) is 11.6 Å². The molecule has 4 rings (SSSR count). The number of nitrogens with zero attached hydrogens (tertiary/aromatic N) is 4. The molecule has 1 aliphatic heterocycles. The van der Waals surface area contributed by atoms with Crippen LogP contribution in [-0.4, -0.2) is 46.3 Å². The van der Waals surface area contributed by atoms with E-state index in [1.54, 1.807) is 0 Å². The highest BCUT2D eigenvalue weighted by Crippen LogP contribution is 2.29. The van der Waals surface area contributed by atoms with Crippen molar-refractivity contribution in [1.29, 1.82) is 0 Å². The second-order valence-corrected chi connectivity index (χ2v) is 8.67. The molecule has 3 aromatic rings. The van der Waals surface area contributed by atoms with E-state index in [1.807, 2.05) is 36.2 Å². The molecular weight excluding hydrogens is 398 g/mol. The molecule has 0 aliphatic carbocycles. The predicted octanol–water partition coefficient (Wildman–Crippen LogP) is 3.97. The number of aryl methyl sites for hydroxylation is 1. The summed E-state index contributed by atoms with van der Waals surface area (Å²) in [6, 6.07) is 20.7. The van der Waals surface area contributed by atoms with Gasteiger partial charge in [-0.15, -0.1) is 0 Å². The lowest BCUT2D eigenvalue weighted by Crippen LogP contribution is -2.24. The summed E-state index contributed by atoms with van der Waals surface area (Å²) in [6.45, 7) is 4.92. The van der Waals surface area contributed by atoms with E-state index >= 15 is 0 Å². The molecule has 166 valence electrons. The monoisotopic (exact) mass is 429 g/mol. The van der Waals surface area contributed by atoms with Gasteiger partial charge in [0, 0.05) is 45.1 Å². The number of rotatable bonds is 8. The molecular formula is C26H31N5O. The van der Waals surface area contributed by atoms with Gasteiger partial charge in [0.05, 0.1) is 12.2 Å². The van der Waals surface area contributed by atoms with E-state index in [0.717, 1.165) is 29.4 Å². The van der Waals surface area contributed by atoms with E-state index in [4.69, 9.17) is 4.98 Å². The second kappa shape index (κ2) is 9.92. The normalized spacial score (nSPS) is 16.1. The number of likely N-dealkylation sites (tertiary alicyclic amines) is 1.